The van der Waals surface area contributed by atoms with Gasteiger partial charge in [0, 0.05) is 30.4 Å². The fourth-order valence-corrected chi connectivity index (χ4v) is 2.06. The summed E-state index contributed by atoms with van der Waals surface area (Å²) in [6.07, 6.45) is 1.55. The normalized spacial score (nSPS) is 19.8. The fraction of sp³-hybridized carbons (Fsp3) is 0.500. The van der Waals surface area contributed by atoms with Crippen molar-refractivity contribution >= 4 is 5.69 Å². The van der Waals surface area contributed by atoms with E-state index in [2.05, 4.69) is 4.90 Å². The molecule has 0 aliphatic carbocycles. The Morgan fingerprint density at radius 1 is 1.31 bits per heavy atom. The number of rotatable bonds is 2. The number of aromatic hydroxyl groups is 1. The number of hydrogen-bond acceptors (Lipinski definition) is 4. The highest BCUT2D eigenvalue weighted by Crippen LogP contribution is 2.26. The Bertz CT molecular complexity index is 360. The molecule has 0 bridgehead atoms. The second-order valence-electron chi connectivity index (χ2n) is 4.53. The number of aliphatic hydroxyl groups excluding tert-OH is 1. The van der Waals surface area contributed by atoms with Crippen molar-refractivity contribution in [3.63, 3.8) is 0 Å². The molecule has 4 heteroatoms. The lowest BCUT2D eigenvalue weighted by Gasteiger charge is -2.39. The van der Waals surface area contributed by atoms with Gasteiger partial charge in [-0.3, -0.25) is 0 Å². The predicted octanol–water partition coefficient (Wildman–Crippen LogP) is 0.682. The summed E-state index contributed by atoms with van der Waals surface area (Å²) in [6, 6.07) is 7.22. The summed E-state index contributed by atoms with van der Waals surface area (Å²) in [7, 11) is 0. The van der Waals surface area contributed by atoms with Gasteiger partial charge in [-0.05, 0) is 25.0 Å². The number of nitrogens with two attached hydrogens (primary N) is 1. The van der Waals surface area contributed by atoms with Crippen LogP contribution in [0, 0.1) is 0 Å². The third-order valence-corrected chi connectivity index (χ3v) is 3.27. The molecule has 0 unspecified atom stereocenters. The molecule has 88 valence electrons. The summed E-state index contributed by atoms with van der Waals surface area (Å²) in [5.41, 5.74) is 6.59. The minimum atomic E-state index is -0.423. The quantitative estimate of drug-likeness (QED) is 0.688. The molecule has 0 aromatic heterocycles. The van der Waals surface area contributed by atoms with Crippen molar-refractivity contribution in [2.24, 2.45) is 5.73 Å². The average molecular weight is 222 g/mol. The Morgan fingerprint density at radius 3 is 2.56 bits per heavy atom. The lowest BCUT2D eigenvalue weighted by atomic mass is 9.89. The Labute approximate surface area is 95.3 Å². The number of phenols is 1. The SMILES string of the molecule is NC1(CO)CCN(c2cccc(O)c2)CC1. The summed E-state index contributed by atoms with van der Waals surface area (Å²) in [4.78, 5) is 2.18. The standard InChI is InChI=1S/C12H18N2O2/c13-12(9-15)4-6-14(7-5-12)10-2-1-3-11(16)8-10/h1-3,8,15-16H,4-7,9,13H2. The van der Waals surface area contributed by atoms with Gasteiger partial charge in [-0.25, -0.2) is 0 Å². The summed E-state index contributed by atoms with van der Waals surface area (Å²) < 4.78 is 0. The van der Waals surface area contributed by atoms with Gasteiger partial charge >= 0.3 is 0 Å². The van der Waals surface area contributed by atoms with Gasteiger partial charge in [-0.2, -0.15) is 0 Å². The molecule has 0 atom stereocenters. The first kappa shape index (κ1) is 11.2. The van der Waals surface area contributed by atoms with Crippen LogP contribution in [0.1, 0.15) is 12.8 Å². The van der Waals surface area contributed by atoms with Crippen molar-refractivity contribution < 1.29 is 10.2 Å². The number of phenolic OH excluding ortho intramolecular Hbond substituents is 1. The van der Waals surface area contributed by atoms with E-state index in [1.165, 1.54) is 0 Å². The highest BCUT2D eigenvalue weighted by Gasteiger charge is 2.29. The molecule has 0 amide bonds. The maximum Gasteiger partial charge on any atom is 0.117 e. The third-order valence-electron chi connectivity index (χ3n) is 3.27. The van der Waals surface area contributed by atoms with Crippen molar-refractivity contribution in [3.8, 4) is 5.75 Å². The monoisotopic (exact) mass is 222 g/mol. The van der Waals surface area contributed by atoms with Gasteiger partial charge in [0.25, 0.3) is 0 Å². The molecule has 1 aliphatic rings. The van der Waals surface area contributed by atoms with Crippen molar-refractivity contribution in [1.82, 2.24) is 0 Å². The van der Waals surface area contributed by atoms with Crippen LogP contribution in [0.2, 0.25) is 0 Å². The molecule has 2 rings (SSSR count). The summed E-state index contributed by atoms with van der Waals surface area (Å²) in [5.74, 6) is 0.282. The molecule has 0 radical (unpaired) electrons. The second kappa shape index (κ2) is 4.31. The predicted molar refractivity (Wildman–Crippen MR) is 63.6 cm³/mol. The van der Waals surface area contributed by atoms with E-state index in [-0.39, 0.29) is 12.4 Å². The van der Waals surface area contributed by atoms with Gasteiger partial charge in [0.05, 0.1) is 6.61 Å². The Morgan fingerprint density at radius 2 is 2.00 bits per heavy atom. The zero-order valence-corrected chi connectivity index (χ0v) is 9.26. The number of benzene rings is 1. The second-order valence-corrected chi connectivity index (χ2v) is 4.53. The minimum absolute atomic E-state index is 0.0425. The molecule has 0 spiro atoms. The molecule has 4 N–H and O–H groups in total. The Kier molecular flexibility index (Phi) is 3.03. The lowest BCUT2D eigenvalue weighted by molar-refractivity contribution is 0.170. The van der Waals surface area contributed by atoms with Gasteiger partial charge in [0.15, 0.2) is 0 Å². The first-order valence-electron chi connectivity index (χ1n) is 5.57. The van der Waals surface area contributed by atoms with Crippen LogP contribution >= 0.6 is 0 Å². The van der Waals surface area contributed by atoms with Crippen molar-refractivity contribution in [3.05, 3.63) is 24.3 Å². The van der Waals surface area contributed by atoms with Crippen LogP contribution in [0.25, 0.3) is 0 Å². The van der Waals surface area contributed by atoms with Gasteiger partial charge in [0.1, 0.15) is 5.75 Å². The minimum Gasteiger partial charge on any atom is -0.508 e. The topological polar surface area (TPSA) is 69.7 Å². The molecule has 1 aliphatic heterocycles. The number of hydrogen-bond donors (Lipinski definition) is 3. The van der Waals surface area contributed by atoms with E-state index in [0.29, 0.717) is 0 Å². The molecule has 1 aromatic rings. The van der Waals surface area contributed by atoms with E-state index in [1.807, 2.05) is 12.1 Å². The summed E-state index contributed by atoms with van der Waals surface area (Å²) >= 11 is 0. The largest absolute Gasteiger partial charge is 0.508 e. The van der Waals surface area contributed by atoms with Crippen molar-refractivity contribution in [2.75, 3.05) is 24.6 Å². The first-order chi connectivity index (χ1) is 7.63. The highest BCUT2D eigenvalue weighted by molar-refractivity contribution is 5.50. The molecule has 1 saturated heterocycles. The van der Waals surface area contributed by atoms with Gasteiger partial charge in [0.2, 0.25) is 0 Å². The van der Waals surface area contributed by atoms with E-state index < -0.39 is 5.54 Å². The van der Waals surface area contributed by atoms with Gasteiger partial charge in [-0.15, -0.1) is 0 Å². The van der Waals surface area contributed by atoms with E-state index >= 15 is 0 Å². The van der Waals surface area contributed by atoms with E-state index in [0.717, 1.165) is 31.6 Å². The van der Waals surface area contributed by atoms with Crippen molar-refractivity contribution in [1.29, 1.82) is 0 Å². The molecular formula is C12H18N2O2. The molecular weight excluding hydrogens is 204 g/mol. The lowest BCUT2D eigenvalue weighted by Crippen LogP contribution is -2.52. The smallest absolute Gasteiger partial charge is 0.117 e. The molecule has 16 heavy (non-hydrogen) atoms. The Hall–Kier alpha value is -1.26. The van der Waals surface area contributed by atoms with Gasteiger partial charge < -0.3 is 20.8 Å². The van der Waals surface area contributed by atoms with Crippen molar-refractivity contribution in [2.45, 2.75) is 18.4 Å². The van der Waals surface area contributed by atoms with Crippen LogP contribution in [-0.4, -0.2) is 35.4 Å². The first-order valence-corrected chi connectivity index (χ1v) is 5.57. The van der Waals surface area contributed by atoms with Crippen LogP contribution in [0.15, 0.2) is 24.3 Å². The van der Waals surface area contributed by atoms with Crippen LogP contribution in [0.5, 0.6) is 5.75 Å². The maximum absolute atomic E-state index is 9.40. The number of aliphatic hydroxyl groups is 1. The van der Waals surface area contributed by atoms with E-state index in [4.69, 9.17) is 10.8 Å². The van der Waals surface area contributed by atoms with Crippen LogP contribution in [-0.2, 0) is 0 Å². The maximum atomic E-state index is 9.40. The third kappa shape index (κ3) is 2.28. The van der Waals surface area contributed by atoms with Crippen LogP contribution in [0.3, 0.4) is 0 Å². The van der Waals surface area contributed by atoms with Crippen LogP contribution in [0.4, 0.5) is 5.69 Å². The molecule has 1 fully saturated rings. The van der Waals surface area contributed by atoms with E-state index in [1.54, 1.807) is 12.1 Å². The fourth-order valence-electron chi connectivity index (χ4n) is 2.06. The number of nitrogens with zero attached hydrogens (tertiary/aromatic N) is 1. The molecule has 4 nitrogen and oxygen atoms in total. The summed E-state index contributed by atoms with van der Waals surface area (Å²) in [5, 5.41) is 18.6. The summed E-state index contributed by atoms with van der Waals surface area (Å²) in [6.45, 7) is 1.68. The highest BCUT2D eigenvalue weighted by atomic mass is 16.3. The molecule has 1 heterocycles. The average Bonchev–Trinajstić information content (AvgIpc) is 2.30. The molecule has 1 aromatic carbocycles. The van der Waals surface area contributed by atoms with E-state index in [9.17, 15) is 5.11 Å². The van der Waals surface area contributed by atoms with Gasteiger partial charge in [-0.1, -0.05) is 6.07 Å². The zero-order valence-electron chi connectivity index (χ0n) is 9.26. The zero-order chi connectivity index (χ0) is 11.6. The van der Waals surface area contributed by atoms with Crippen LogP contribution < -0.4 is 10.6 Å². The number of anilines is 1. The molecule has 0 saturated carbocycles. The Balaban J connectivity index is 2.04. The number of piperidine rings is 1.